The van der Waals surface area contributed by atoms with Crippen molar-refractivity contribution in [2.24, 2.45) is 0 Å². The van der Waals surface area contributed by atoms with Gasteiger partial charge in [-0.1, -0.05) is 0 Å². The van der Waals surface area contributed by atoms with Crippen LogP contribution in [0, 0.1) is 0 Å². The van der Waals surface area contributed by atoms with Crippen LogP contribution in [-0.2, 0) is 9.36 Å². The Bertz CT molecular complexity index is 381. The minimum Gasteiger partial charge on any atom is -0.495 e. The van der Waals surface area contributed by atoms with Crippen molar-refractivity contribution in [3.63, 3.8) is 0 Å². The van der Waals surface area contributed by atoms with Gasteiger partial charge in [-0.05, 0) is 0 Å². The normalized spacial score (nSPS) is 11.3. The molecule has 0 aromatic carbocycles. The molecule has 0 atom stereocenters. The van der Waals surface area contributed by atoms with E-state index in [-0.39, 0.29) is 11.6 Å². The summed E-state index contributed by atoms with van der Waals surface area (Å²) in [7, 11) is -4.34. The lowest BCUT2D eigenvalue weighted by Crippen LogP contribution is -2.15. The third-order valence-electron chi connectivity index (χ3n) is 1.30. The van der Waals surface area contributed by atoms with E-state index in [1.165, 1.54) is 12.3 Å². The van der Waals surface area contributed by atoms with Gasteiger partial charge in [-0.3, -0.25) is 9.36 Å². The van der Waals surface area contributed by atoms with Gasteiger partial charge in [0, 0.05) is 12.3 Å². The van der Waals surface area contributed by atoms with Crippen molar-refractivity contribution in [3.8, 4) is 5.88 Å². The van der Waals surface area contributed by atoms with Crippen LogP contribution in [0.1, 0.15) is 0 Å². The smallest absolute Gasteiger partial charge is 0.334 e. The predicted molar refractivity (Wildman–Crippen MR) is 48.0 cm³/mol. The average Bonchev–Trinajstić information content (AvgIpc) is 2.30. The Balaban J connectivity index is 2.54. The van der Waals surface area contributed by atoms with E-state index >= 15 is 0 Å². The van der Waals surface area contributed by atoms with E-state index in [2.05, 4.69) is 10.3 Å². The highest BCUT2D eigenvalue weighted by Crippen LogP contribution is 2.33. The third kappa shape index (κ3) is 3.61. The topological polar surface area (TPSA) is 123 Å². The molecule has 0 bridgehead atoms. The van der Waals surface area contributed by atoms with E-state index in [9.17, 15) is 9.36 Å². The molecule has 0 fully saturated rings. The van der Waals surface area contributed by atoms with E-state index < -0.39 is 19.7 Å². The number of aromatic nitrogens is 1. The molecule has 78 valence electrons. The summed E-state index contributed by atoms with van der Waals surface area (Å²) in [5, 5.41) is 11.0. The summed E-state index contributed by atoms with van der Waals surface area (Å²) >= 11 is 0. The summed E-state index contributed by atoms with van der Waals surface area (Å²) in [6.07, 6.45) is 0.422. The molecule has 0 spiro atoms. The molecule has 1 rings (SSSR count). The zero-order valence-electron chi connectivity index (χ0n) is 6.97. The fourth-order valence-corrected chi connectivity index (χ4v) is 1.30. The SMILES string of the molecule is O=C(CP(=O)(O)O)Nc1c[nH]c(O)c1. The van der Waals surface area contributed by atoms with Crippen molar-refractivity contribution in [1.29, 1.82) is 0 Å². The number of carbonyl (C=O) groups is 1. The van der Waals surface area contributed by atoms with Crippen molar-refractivity contribution >= 4 is 19.2 Å². The summed E-state index contributed by atoms with van der Waals surface area (Å²) in [6.45, 7) is 0. The second-order valence-corrected chi connectivity index (χ2v) is 4.29. The standard InChI is InChI=1S/C6H9N2O5P/c9-5-1-4(2-7-5)8-6(10)3-14(11,12)13/h1-2,7,9H,3H2,(H,8,10)(H2,11,12,13). The van der Waals surface area contributed by atoms with Crippen LogP contribution < -0.4 is 5.32 Å². The first-order valence-electron chi connectivity index (χ1n) is 3.58. The molecule has 1 aromatic rings. The highest BCUT2D eigenvalue weighted by molar-refractivity contribution is 7.52. The molecule has 5 N–H and O–H groups in total. The maximum atomic E-state index is 10.9. The summed E-state index contributed by atoms with van der Waals surface area (Å²) in [5.41, 5.74) is 0.251. The average molecular weight is 220 g/mol. The second-order valence-electron chi connectivity index (χ2n) is 2.64. The fourth-order valence-electron chi connectivity index (χ4n) is 0.842. The molecule has 0 aliphatic carbocycles. The minimum atomic E-state index is -4.34. The number of anilines is 1. The van der Waals surface area contributed by atoms with Gasteiger partial charge in [-0.15, -0.1) is 0 Å². The van der Waals surface area contributed by atoms with Crippen LogP contribution in [-0.4, -0.2) is 31.9 Å². The van der Waals surface area contributed by atoms with Crippen LogP contribution in [0.4, 0.5) is 5.69 Å². The first-order chi connectivity index (χ1) is 6.37. The monoisotopic (exact) mass is 220 g/mol. The Morgan fingerprint density at radius 2 is 2.21 bits per heavy atom. The molecule has 1 heterocycles. The molecule has 7 nitrogen and oxygen atoms in total. The van der Waals surface area contributed by atoms with Gasteiger partial charge in [0.2, 0.25) is 5.91 Å². The van der Waals surface area contributed by atoms with Gasteiger partial charge in [0.1, 0.15) is 6.16 Å². The van der Waals surface area contributed by atoms with E-state index in [1.54, 1.807) is 0 Å². The summed E-state index contributed by atoms with van der Waals surface area (Å²) in [5.74, 6) is -0.950. The molecule has 0 unspecified atom stereocenters. The molecule has 0 aliphatic heterocycles. The van der Waals surface area contributed by atoms with Crippen molar-refractivity contribution in [3.05, 3.63) is 12.3 Å². The molecular formula is C6H9N2O5P. The number of hydrogen-bond acceptors (Lipinski definition) is 3. The summed E-state index contributed by atoms with van der Waals surface area (Å²) in [4.78, 5) is 30.3. The van der Waals surface area contributed by atoms with Crippen LogP contribution in [0.25, 0.3) is 0 Å². The summed E-state index contributed by atoms with van der Waals surface area (Å²) in [6, 6.07) is 1.22. The number of H-pyrrole nitrogens is 1. The van der Waals surface area contributed by atoms with Crippen molar-refractivity contribution < 1.29 is 24.3 Å². The molecule has 1 aromatic heterocycles. The van der Waals surface area contributed by atoms with E-state index in [0.717, 1.165) is 0 Å². The van der Waals surface area contributed by atoms with Gasteiger partial charge in [0.05, 0.1) is 5.69 Å². The quantitative estimate of drug-likeness (QED) is 0.453. The van der Waals surface area contributed by atoms with Crippen molar-refractivity contribution in [1.82, 2.24) is 4.98 Å². The maximum absolute atomic E-state index is 10.9. The van der Waals surface area contributed by atoms with Crippen LogP contribution in [0.3, 0.4) is 0 Å². The van der Waals surface area contributed by atoms with Gasteiger partial charge in [-0.2, -0.15) is 0 Å². The summed E-state index contributed by atoms with van der Waals surface area (Å²) < 4.78 is 10.4. The van der Waals surface area contributed by atoms with Crippen LogP contribution in [0.2, 0.25) is 0 Å². The van der Waals surface area contributed by atoms with Crippen LogP contribution in [0.15, 0.2) is 12.3 Å². The van der Waals surface area contributed by atoms with E-state index in [4.69, 9.17) is 14.9 Å². The van der Waals surface area contributed by atoms with Crippen molar-refractivity contribution in [2.75, 3.05) is 11.5 Å². The Kier molecular flexibility index (Phi) is 2.95. The van der Waals surface area contributed by atoms with E-state index in [1.807, 2.05) is 0 Å². The highest BCUT2D eigenvalue weighted by Gasteiger charge is 2.19. The lowest BCUT2D eigenvalue weighted by molar-refractivity contribution is -0.114. The Morgan fingerprint density at radius 3 is 2.64 bits per heavy atom. The molecule has 8 heteroatoms. The van der Waals surface area contributed by atoms with Crippen LogP contribution in [0.5, 0.6) is 5.88 Å². The van der Waals surface area contributed by atoms with Gasteiger partial charge in [-0.25, -0.2) is 0 Å². The predicted octanol–water partition coefficient (Wildman–Crippen LogP) is -0.164. The Morgan fingerprint density at radius 1 is 1.57 bits per heavy atom. The number of carbonyl (C=O) groups excluding carboxylic acids is 1. The van der Waals surface area contributed by atoms with Crippen molar-refractivity contribution in [2.45, 2.75) is 0 Å². The zero-order valence-corrected chi connectivity index (χ0v) is 7.86. The third-order valence-corrected chi connectivity index (χ3v) is 2.00. The molecule has 1 amide bonds. The van der Waals surface area contributed by atoms with Gasteiger partial charge in [0.15, 0.2) is 5.88 Å². The number of amides is 1. The molecule has 14 heavy (non-hydrogen) atoms. The van der Waals surface area contributed by atoms with Gasteiger partial charge < -0.3 is 25.2 Å². The molecule has 0 saturated carbocycles. The van der Waals surface area contributed by atoms with Gasteiger partial charge >= 0.3 is 7.60 Å². The largest absolute Gasteiger partial charge is 0.495 e. The Labute approximate surface area is 78.9 Å². The molecule has 0 radical (unpaired) electrons. The number of rotatable bonds is 3. The first-order valence-corrected chi connectivity index (χ1v) is 5.38. The Hall–Kier alpha value is -1.30. The lowest BCUT2D eigenvalue weighted by atomic mass is 10.5. The maximum Gasteiger partial charge on any atom is 0.334 e. The minimum absolute atomic E-state index is 0.142. The van der Waals surface area contributed by atoms with Gasteiger partial charge in [0.25, 0.3) is 0 Å². The first kappa shape index (κ1) is 10.8. The second kappa shape index (κ2) is 3.83. The number of aromatic amines is 1. The number of nitrogens with one attached hydrogen (secondary N) is 2. The fraction of sp³-hybridized carbons (Fsp3) is 0.167. The number of hydrogen-bond donors (Lipinski definition) is 5. The van der Waals surface area contributed by atoms with Crippen LogP contribution >= 0.6 is 7.60 Å². The van der Waals surface area contributed by atoms with E-state index in [0.29, 0.717) is 0 Å². The highest BCUT2D eigenvalue weighted by atomic mass is 31.2. The molecular weight excluding hydrogens is 211 g/mol. The number of aromatic hydroxyl groups is 1. The molecule has 0 aliphatic rings. The lowest BCUT2D eigenvalue weighted by Gasteiger charge is -2.03. The molecule has 0 saturated heterocycles. The zero-order chi connectivity index (χ0) is 10.8.